The average Bonchev–Trinajstić information content (AvgIpc) is 3.22. The van der Waals surface area contributed by atoms with Gasteiger partial charge in [-0.25, -0.2) is 8.42 Å². The first-order valence-electron chi connectivity index (χ1n) is 13.7. The highest BCUT2D eigenvalue weighted by atomic mass is 32.2. The van der Waals surface area contributed by atoms with Gasteiger partial charge in [-0.2, -0.15) is 4.31 Å². The van der Waals surface area contributed by atoms with Crippen LogP contribution in [0.5, 0.6) is 5.75 Å². The van der Waals surface area contributed by atoms with Crippen molar-refractivity contribution in [2.45, 2.75) is 69.9 Å². The Morgan fingerprint density at radius 3 is 2.34 bits per heavy atom. The Hall–Kier alpha value is -2.91. The van der Waals surface area contributed by atoms with Crippen LogP contribution in [0.3, 0.4) is 0 Å². The molecule has 0 bridgehead atoms. The quantitative estimate of drug-likeness (QED) is 0.549. The summed E-state index contributed by atoms with van der Waals surface area (Å²) in [4.78, 5) is 27.8. The maximum atomic E-state index is 13.4. The van der Waals surface area contributed by atoms with Gasteiger partial charge in [0.2, 0.25) is 21.8 Å². The Balaban J connectivity index is 1.17. The molecule has 2 fully saturated rings. The van der Waals surface area contributed by atoms with Crippen molar-refractivity contribution in [2.75, 3.05) is 24.6 Å². The van der Waals surface area contributed by atoms with Crippen molar-refractivity contribution in [3.05, 3.63) is 53.6 Å². The number of sulfonamides is 1. The monoisotopic (exact) mass is 539 g/mol. The largest absolute Gasteiger partial charge is 0.494 e. The van der Waals surface area contributed by atoms with Crippen LogP contribution < -0.4 is 15.0 Å². The second-order valence-electron chi connectivity index (χ2n) is 10.7. The first-order valence-corrected chi connectivity index (χ1v) is 15.2. The van der Waals surface area contributed by atoms with E-state index in [0.29, 0.717) is 45.5 Å². The van der Waals surface area contributed by atoms with Crippen molar-refractivity contribution in [3.8, 4) is 5.75 Å². The van der Waals surface area contributed by atoms with Crippen molar-refractivity contribution >= 4 is 27.5 Å². The standard InChI is InChI=1S/C29H37N3O5S/c1-3-37-25-9-7-21(8-10-25)19-30-28(33)22-13-15-31(16-14-22)38(35,36)26-11-12-27-24(18-26)17-20(2)32(27)29(34)23-5-4-6-23/h7-12,18,20,22-23H,3-6,13-17,19H2,1-2H3,(H,30,33)/t20-/m0/s1. The summed E-state index contributed by atoms with van der Waals surface area (Å²) in [6.07, 6.45) is 4.62. The molecule has 2 aromatic rings. The maximum absolute atomic E-state index is 13.4. The number of rotatable bonds is 8. The molecule has 1 aliphatic carbocycles. The number of hydrogen-bond acceptors (Lipinski definition) is 5. The Kier molecular flexibility index (Phi) is 7.77. The lowest BCUT2D eigenvalue weighted by Crippen LogP contribution is -2.43. The molecule has 0 radical (unpaired) electrons. The van der Waals surface area contributed by atoms with Gasteiger partial charge >= 0.3 is 0 Å². The fourth-order valence-corrected chi connectivity index (χ4v) is 7.19. The first-order chi connectivity index (χ1) is 18.3. The smallest absolute Gasteiger partial charge is 0.243 e. The highest BCUT2D eigenvalue weighted by molar-refractivity contribution is 7.89. The summed E-state index contributed by atoms with van der Waals surface area (Å²) in [5.74, 6) is 0.815. The molecular formula is C29H37N3O5S. The lowest BCUT2D eigenvalue weighted by atomic mass is 9.84. The molecular weight excluding hydrogens is 502 g/mol. The highest BCUT2D eigenvalue weighted by Crippen LogP contribution is 2.38. The minimum Gasteiger partial charge on any atom is -0.494 e. The van der Waals surface area contributed by atoms with Crippen molar-refractivity contribution < 1.29 is 22.7 Å². The Bertz CT molecular complexity index is 1280. The minimum atomic E-state index is -3.68. The molecule has 3 aliphatic rings. The second kappa shape index (κ2) is 11.1. The molecule has 38 heavy (non-hydrogen) atoms. The number of benzene rings is 2. The van der Waals surface area contributed by atoms with E-state index >= 15 is 0 Å². The Morgan fingerprint density at radius 1 is 1.00 bits per heavy atom. The zero-order chi connectivity index (χ0) is 26.9. The van der Waals surface area contributed by atoms with Gasteiger partial charge < -0.3 is 15.0 Å². The molecule has 1 atom stereocenters. The summed E-state index contributed by atoms with van der Waals surface area (Å²) >= 11 is 0. The molecule has 1 saturated carbocycles. The molecule has 204 valence electrons. The molecule has 0 spiro atoms. The predicted molar refractivity (Wildman–Crippen MR) is 145 cm³/mol. The number of piperidine rings is 1. The number of anilines is 1. The van der Waals surface area contributed by atoms with Crippen LogP contribution in [0.1, 0.15) is 57.1 Å². The maximum Gasteiger partial charge on any atom is 0.243 e. The molecule has 2 aromatic carbocycles. The van der Waals surface area contributed by atoms with Crippen molar-refractivity contribution in [3.63, 3.8) is 0 Å². The van der Waals surface area contributed by atoms with E-state index < -0.39 is 10.0 Å². The van der Waals surface area contributed by atoms with Crippen LogP contribution in [0, 0.1) is 11.8 Å². The molecule has 1 N–H and O–H groups in total. The van der Waals surface area contributed by atoms with Gasteiger partial charge in [0.25, 0.3) is 0 Å². The highest BCUT2D eigenvalue weighted by Gasteiger charge is 2.38. The van der Waals surface area contributed by atoms with Crippen LogP contribution >= 0.6 is 0 Å². The molecule has 2 amide bonds. The van der Waals surface area contributed by atoms with Gasteiger partial charge in [0.1, 0.15) is 5.75 Å². The number of nitrogens with zero attached hydrogens (tertiary/aromatic N) is 2. The number of carbonyl (C=O) groups excluding carboxylic acids is 2. The molecule has 5 rings (SSSR count). The molecule has 9 heteroatoms. The summed E-state index contributed by atoms with van der Waals surface area (Å²) in [5, 5.41) is 2.99. The van der Waals surface area contributed by atoms with E-state index in [1.54, 1.807) is 18.2 Å². The third kappa shape index (κ3) is 5.31. The lowest BCUT2D eigenvalue weighted by molar-refractivity contribution is -0.126. The first kappa shape index (κ1) is 26.7. The van der Waals surface area contributed by atoms with Crippen LogP contribution in [0.2, 0.25) is 0 Å². The third-order valence-corrected chi connectivity index (χ3v) is 10.0. The zero-order valence-electron chi connectivity index (χ0n) is 22.2. The zero-order valence-corrected chi connectivity index (χ0v) is 23.0. The van der Waals surface area contributed by atoms with E-state index in [0.717, 1.165) is 41.8 Å². The van der Waals surface area contributed by atoms with Gasteiger partial charge in [-0.1, -0.05) is 18.6 Å². The van der Waals surface area contributed by atoms with E-state index in [4.69, 9.17) is 4.74 Å². The van der Waals surface area contributed by atoms with Crippen LogP contribution in [0.25, 0.3) is 0 Å². The minimum absolute atomic E-state index is 0.0351. The molecule has 2 aliphatic heterocycles. The summed E-state index contributed by atoms with van der Waals surface area (Å²) in [5.41, 5.74) is 2.74. The Labute approximate surface area is 225 Å². The van der Waals surface area contributed by atoms with E-state index in [9.17, 15) is 18.0 Å². The number of carbonyl (C=O) groups is 2. The van der Waals surface area contributed by atoms with Crippen molar-refractivity contribution in [2.24, 2.45) is 11.8 Å². The van der Waals surface area contributed by atoms with E-state index in [2.05, 4.69) is 5.32 Å². The van der Waals surface area contributed by atoms with Crippen LogP contribution in [0.15, 0.2) is 47.4 Å². The van der Waals surface area contributed by atoms with E-state index in [1.165, 1.54) is 4.31 Å². The fraction of sp³-hybridized carbons (Fsp3) is 0.517. The van der Waals surface area contributed by atoms with Gasteiger partial charge in [0.05, 0.1) is 11.5 Å². The number of ether oxygens (including phenoxy) is 1. The number of fused-ring (bicyclic) bond motifs is 1. The lowest BCUT2D eigenvalue weighted by Gasteiger charge is -2.32. The van der Waals surface area contributed by atoms with Crippen LogP contribution in [0.4, 0.5) is 5.69 Å². The normalized spacial score (nSPS) is 20.6. The number of nitrogens with one attached hydrogen (secondary N) is 1. The van der Waals surface area contributed by atoms with E-state index in [1.807, 2.05) is 43.0 Å². The summed E-state index contributed by atoms with van der Waals surface area (Å²) in [6.45, 7) is 5.61. The molecule has 2 heterocycles. The van der Waals surface area contributed by atoms with Gasteiger partial charge in [-0.05, 0) is 87.4 Å². The van der Waals surface area contributed by atoms with Gasteiger partial charge in [-0.15, -0.1) is 0 Å². The molecule has 0 unspecified atom stereocenters. The number of hydrogen-bond donors (Lipinski definition) is 1. The number of amides is 2. The van der Waals surface area contributed by atoms with Gasteiger partial charge in [0.15, 0.2) is 0 Å². The molecule has 8 nitrogen and oxygen atoms in total. The fourth-order valence-electron chi connectivity index (χ4n) is 5.67. The molecule has 1 saturated heterocycles. The predicted octanol–water partition coefficient (Wildman–Crippen LogP) is 3.88. The topological polar surface area (TPSA) is 96.0 Å². The Morgan fingerprint density at radius 2 is 1.71 bits per heavy atom. The second-order valence-corrected chi connectivity index (χ2v) is 12.6. The summed E-state index contributed by atoms with van der Waals surface area (Å²) in [6, 6.07) is 12.8. The van der Waals surface area contributed by atoms with Gasteiger partial charge in [0, 0.05) is 43.2 Å². The SMILES string of the molecule is CCOc1ccc(CNC(=O)C2CCN(S(=O)(=O)c3ccc4c(c3)C[C@H](C)N4C(=O)C3CCC3)CC2)cc1. The van der Waals surface area contributed by atoms with E-state index in [-0.39, 0.29) is 34.6 Å². The summed E-state index contributed by atoms with van der Waals surface area (Å²) < 4.78 is 33.8. The average molecular weight is 540 g/mol. The van der Waals surface area contributed by atoms with Gasteiger partial charge in [-0.3, -0.25) is 9.59 Å². The van der Waals surface area contributed by atoms with Crippen LogP contribution in [-0.2, 0) is 32.6 Å². The van der Waals surface area contributed by atoms with Crippen molar-refractivity contribution in [1.29, 1.82) is 0 Å². The third-order valence-electron chi connectivity index (χ3n) is 8.12. The molecule has 0 aromatic heterocycles. The van der Waals surface area contributed by atoms with Crippen LogP contribution in [-0.4, -0.2) is 50.3 Å². The van der Waals surface area contributed by atoms with Crippen molar-refractivity contribution in [1.82, 2.24) is 9.62 Å². The summed E-state index contributed by atoms with van der Waals surface area (Å²) in [7, 11) is -3.68.